The van der Waals surface area contributed by atoms with E-state index in [1.54, 1.807) is 36.3 Å². The first-order valence-corrected chi connectivity index (χ1v) is 14.4. The van der Waals surface area contributed by atoms with Crippen LogP contribution in [-0.2, 0) is 9.59 Å². The van der Waals surface area contributed by atoms with Crippen molar-refractivity contribution < 1.29 is 19.4 Å². The molecule has 0 bridgehead atoms. The number of hydrogen-bond donors (Lipinski definition) is 1. The van der Waals surface area contributed by atoms with Gasteiger partial charge < -0.3 is 14.7 Å². The molecule has 0 saturated carbocycles. The predicted molar refractivity (Wildman–Crippen MR) is 154 cm³/mol. The van der Waals surface area contributed by atoms with Gasteiger partial charge in [-0.05, 0) is 47.7 Å². The minimum Gasteiger partial charge on any atom is -0.507 e. The highest BCUT2D eigenvalue weighted by molar-refractivity contribution is 6.46. The molecule has 1 amide bonds. The van der Waals surface area contributed by atoms with Crippen molar-refractivity contribution in [1.82, 2.24) is 4.90 Å². The molecule has 0 aliphatic carbocycles. The van der Waals surface area contributed by atoms with E-state index in [1.807, 2.05) is 24.3 Å². The fourth-order valence-electron chi connectivity index (χ4n) is 5.19. The number of nitrogens with zero attached hydrogens (tertiary/aromatic N) is 1. The van der Waals surface area contributed by atoms with Gasteiger partial charge in [0.25, 0.3) is 11.7 Å². The van der Waals surface area contributed by atoms with E-state index in [0.29, 0.717) is 23.8 Å². The SMILES string of the molecule is CCCCCCCCCCCCN1C(=O)C(=O)/C(=C(\O)c2ccc(OC)cc2)C1c1ccc(C(C)C)cc1. The summed E-state index contributed by atoms with van der Waals surface area (Å²) in [6.07, 6.45) is 12.0. The lowest BCUT2D eigenvalue weighted by atomic mass is 9.93. The Hall–Kier alpha value is -3.08. The molecule has 1 fully saturated rings. The number of likely N-dealkylation sites (tertiary alicyclic amines) is 1. The Bertz CT molecular complexity index is 1070. The van der Waals surface area contributed by atoms with Gasteiger partial charge in [0.2, 0.25) is 0 Å². The molecule has 1 N–H and O–H groups in total. The van der Waals surface area contributed by atoms with Crippen LogP contribution in [0.3, 0.4) is 0 Å². The third-order valence-electron chi connectivity index (χ3n) is 7.57. The maximum absolute atomic E-state index is 13.3. The summed E-state index contributed by atoms with van der Waals surface area (Å²) in [6, 6.07) is 14.4. The van der Waals surface area contributed by atoms with Gasteiger partial charge in [-0.25, -0.2) is 0 Å². The first kappa shape index (κ1) is 29.5. The van der Waals surface area contributed by atoms with Gasteiger partial charge in [0.05, 0.1) is 18.7 Å². The zero-order valence-corrected chi connectivity index (χ0v) is 23.7. The summed E-state index contributed by atoms with van der Waals surface area (Å²) in [5.41, 5.74) is 2.68. The lowest BCUT2D eigenvalue weighted by Crippen LogP contribution is -2.30. The van der Waals surface area contributed by atoms with E-state index in [1.165, 1.54) is 50.5 Å². The topological polar surface area (TPSA) is 66.8 Å². The Labute approximate surface area is 228 Å². The van der Waals surface area contributed by atoms with Crippen molar-refractivity contribution in [3.8, 4) is 5.75 Å². The molecule has 0 aromatic heterocycles. The lowest BCUT2D eigenvalue weighted by molar-refractivity contribution is -0.139. The fraction of sp³-hybridized carbons (Fsp3) is 0.515. The summed E-state index contributed by atoms with van der Waals surface area (Å²) in [6.45, 7) is 7.01. The van der Waals surface area contributed by atoms with Crippen LogP contribution in [0.15, 0.2) is 54.1 Å². The van der Waals surface area contributed by atoms with Crippen molar-refractivity contribution in [2.75, 3.05) is 13.7 Å². The minimum atomic E-state index is -0.622. The first-order valence-electron chi connectivity index (χ1n) is 14.4. The number of carbonyl (C=O) groups is 2. The average molecular weight is 520 g/mol. The third-order valence-corrected chi connectivity index (χ3v) is 7.57. The molecule has 1 aliphatic rings. The Morgan fingerprint density at radius 1 is 0.842 bits per heavy atom. The monoisotopic (exact) mass is 519 g/mol. The fourth-order valence-corrected chi connectivity index (χ4v) is 5.19. The van der Waals surface area contributed by atoms with Crippen LogP contribution >= 0.6 is 0 Å². The van der Waals surface area contributed by atoms with Gasteiger partial charge in [-0.3, -0.25) is 9.59 Å². The second-order valence-electron chi connectivity index (χ2n) is 10.7. The number of benzene rings is 2. The molecule has 5 heteroatoms. The van der Waals surface area contributed by atoms with Gasteiger partial charge in [0.1, 0.15) is 11.5 Å². The van der Waals surface area contributed by atoms with E-state index in [-0.39, 0.29) is 11.3 Å². The number of ketones is 1. The van der Waals surface area contributed by atoms with Gasteiger partial charge in [-0.2, -0.15) is 0 Å². The maximum Gasteiger partial charge on any atom is 0.295 e. The van der Waals surface area contributed by atoms with Crippen molar-refractivity contribution in [2.45, 2.75) is 96.9 Å². The standard InChI is InChI=1S/C33H45NO4/c1-5-6-7-8-9-10-11-12-13-14-23-34-30(26-17-15-25(16-18-26)24(2)3)29(32(36)33(34)37)31(35)27-19-21-28(38-4)22-20-27/h15-22,24,30,35H,5-14,23H2,1-4H3/b31-29-. The van der Waals surface area contributed by atoms with E-state index < -0.39 is 17.7 Å². The van der Waals surface area contributed by atoms with Crippen molar-refractivity contribution >= 4 is 17.4 Å². The molecule has 5 nitrogen and oxygen atoms in total. The third kappa shape index (κ3) is 7.49. The molecule has 2 aromatic carbocycles. The van der Waals surface area contributed by atoms with Crippen LogP contribution in [-0.4, -0.2) is 35.4 Å². The molecule has 1 saturated heterocycles. The number of unbranched alkanes of at least 4 members (excludes halogenated alkanes) is 9. The molecule has 38 heavy (non-hydrogen) atoms. The Morgan fingerprint density at radius 3 is 1.92 bits per heavy atom. The van der Waals surface area contributed by atoms with Crippen LogP contribution in [0.4, 0.5) is 0 Å². The zero-order valence-electron chi connectivity index (χ0n) is 23.7. The van der Waals surface area contributed by atoms with E-state index >= 15 is 0 Å². The summed E-state index contributed by atoms with van der Waals surface area (Å²) >= 11 is 0. The van der Waals surface area contributed by atoms with Gasteiger partial charge in [-0.15, -0.1) is 0 Å². The quantitative estimate of drug-likeness (QED) is 0.112. The van der Waals surface area contributed by atoms with Crippen molar-refractivity contribution in [3.05, 3.63) is 70.8 Å². The van der Waals surface area contributed by atoms with Crippen LogP contribution < -0.4 is 4.74 Å². The summed E-state index contributed by atoms with van der Waals surface area (Å²) in [5.74, 6) is -0.267. The predicted octanol–water partition coefficient (Wildman–Crippen LogP) is 8.16. The van der Waals surface area contributed by atoms with Crippen LogP contribution in [0.2, 0.25) is 0 Å². The highest BCUT2D eigenvalue weighted by Gasteiger charge is 2.45. The molecule has 0 spiro atoms. The van der Waals surface area contributed by atoms with Crippen LogP contribution in [0, 0.1) is 0 Å². The second kappa shape index (κ2) is 14.8. The minimum absolute atomic E-state index is 0.144. The van der Waals surface area contributed by atoms with Crippen LogP contribution in [0.25, 0.3) is 5.76 Å². The van der Waals surface area contributed by atoms with Gasteiger partial charge in [0.15, 0.2) is 0 Å². The summed E-state index contributed by atoms with van der Waals surface area (Å²) in [4.78, 5) is 28.1. The highest BCUT2D eigenvalue weighted by atomic mass is 16.5. The number of Topliss-reactive ketones (excluding diaryl/α,β-unsaturated/α-hetero) is 1. The summed E-state index contributed by atoms with van der Waals surface area (Å²) in [7, 11) is 1.58. The number of amides is 1. The highest BCUT2D eigenvalue weighted by Crippen LogP contribution is 2.40. The largest absolute Gasteiger partial charge is 0.507 e. The number of carbonyl (C=O) groups excluding carboxylic acids is 2. The Balaban J connectivity index is 1.76. The van der Waals surface area contributed by atoms with Crippen molar-refractivity contribution in [1.29, 1.82) is 0 Å². The molecule has 1 atom stereocenters. The molecule has 0 radical (unpaired) electrons. The van der Waals surface area contributed by atoms with Crippen LogP contribution in [0.1, 0.15) is 114 Å². The molecular formula is C33H45NO4. The number of ether oxygens (including phenoxy) is 1. The smallest absolute Gasteiger partial charge is 0.295 e. The number of aliphatic hydroxyl groups excluding tert-OH is 1. The van der Waals surface area contributed by atoms with Crippen molar-refractivity contribution in [2.24, 2.45) is 0 Å². The Kier molecular flexibility index (Phi) is 11.4. The van der Waals surface area contributed by atoms with Crippen molar-refractivity contribution in [3.63, 3.8) is 0 Å². The number of hydrogen-bond acceptors (Lipinski definition) is 4. The van der Waals surface area contributed by atoms with E-state index in [2.05, 4.69) is 20.8 Å². The lowest BCUT2D eigenvalue weighted by Gasteiger charge is -2.25. The zero-order chi connectivity index (χ0) is 27.5. The van der Waals surface area contributed by atoms with E-state index in [4.69, 9.17) is 4.74 Å². The summed E-state index contributed by atoms with van der Waals surface area (Å²) in [5, 5.41) is 11.2. The number of aliphatic hydroxyl groups is 1. The number of methoxy groups -OCH3 is 1. The van der Waals surface area contributed by atoms with Gasteiger partial charge in [0, 0.05) is 12.1 Å². The molecule has 2 aromatic rings. The van der Waals surface area contributed by atoms with Crippen LogP contribution in [0.5, 0.6) is 5.75 Å². The van der Waals surface area contributed by atoms with E-state index in [0.717, 1.165) is 24.8 Å². The summed E-state index contributed by atoms with van der Waals surface area (Å²) < 4.78 is 5.22. The molecule has 1 heterocycles. The molecule has 1 unspecified atom stereocenters. The maximum atomic E-state index is 13.3. The normalized spacial score (nSPS) is 17.0. The van der Waals surface area contributed by atoms with Gasteiger partial charge >= 0.3 is 0 Å². The molecule has 206 valence electrons. The molecule has 3 rings (SSSR count). The van der Waals surface area contributed by atoms with E-state index in [9.17, 15) is 14.7 Å². The second-order valence-corrected chi connectivity index (χ2v) is 10.7. The first-order chi connectivity index (χ1) is 18.4. The molecule has 1 aliphatic heterocycles. The Morgan fingerprint density at radius 2 is 1.39 bits per heavy atom. The number of rotatable bonds is 15. The average Bonchev–Trinajstić information content (AvgIpc) is 3.18. The van der Waals surface area contributed by atoms with Gasteiger partial charge in [-0.1, -0.05) is 103 Å². The molecular weight excluding hydrogens is 474 g/mol.